The zero-order chi connectivity index (χ0) is 16.7. The van der Waals surface area contributed by atoms with Gasteiger partial charge in [-0.25, -0.2) is 0 Å². The maximum atomic E-state index is 8.78. The molecule has 2 aromatic rings. The molecule has 0 aliphatic heterocycles. The minimum Gasteiger partial charge on any atom is -0.493 e. The highest BCUT2D eigenvalue weighted by molar-refractivity contribution is 6.35. The van der Waals surface area contributed by atoms with Gasteiger partial charge in [0.05, 0.1) is 13.7 Å². The number of hydrogen-bond donors (Lipinski definition) is 2. The molecule has 0 unspecified atom stereocenters. The largest absolute Gasteiger partial charge is 0.493 e. The first-order chi connectivity index (χ1) is 11.1. The molecule has 0 saturated heterocycles. The normalized spacial score (nSPS) is 10.2. The summed E-state index contributed by atoms with van der Waals surface area (Å²) in [5, 5.41) is 13.1. The van der Waals surface area contributed by atoms with Gasteiger partial charge in [-0.05, 0) is 29.8 Å². The first-order valence-electron chi connectivity index (χ1n) is 7.19. The van der Waals surface area contributed by atoms with Crippen molar-refractivity contribution in [3.8, 4) is 11.5 Å². The van der Waals surface area contributed by atoms with Crippen molar-refractivity contribution in [3.63, 3.8) is 0 Å². The Balaban J connectivity index is 0.00000288. The van der Waals surface area contributed by atoms with Crippen LogP contribution >= 0.6 is 35.6 Å². The summed E-state index contributed by atoms with van der Waals surface area (Å²) in [7, 11) is 1.60. The highest BCUT2D eigenvalue weighted by atomic mass is 35.5. The molecule has 132 valence electrons. The number of benzene rings is 2. The summed E-state index contributed by atoms with van der Waals surface area (Å²) < 4.78 is 11.2. The molecule has 24 heavy (non-hydrogen) atoms. The van der Waals surface area contributed by atoms with Crippen LogP contribution in [-0.4, -0.2) is 25.4 Å². The molecule has 0 aliphatic rings. The Morgan fingerprint density at radius 2 is 1.88 bits per heavy atom. The fourth-order valence-electron chi connectivity index (χ4n) is 2.05. The minimum absolute atomic E-state index is 0. The highest BCUT2D eigenvalue weighted by Crippen LogP contribution is 2.30. The minimum atomic E-state index is 0. The zero-order valence-electron chi connectivity index (χ0n) is 13.2. The van der Waals surface area contributed by atoms with E-state index in [1.165, 1.54) is 0 Å². The molecule has 0 aliphatic carbocycles. The van der Waals surface area contributed by atoms with Crippen LogP contribution in [0.1, 0.15) is 11.1 Å². The number of ether oxygens (including phenoxy) is 2. The van der Waals surface area contributed by atoms with Gasteiger partial charge in [0.2, 0.25) is 0 Å². The fourth-order valence-corrected chi connectivity index (χ4v) is 2.51. The van der Waals surface area contributed by atoms with Gasteiger partial charge < -0.3 is 19.9 Å². The third kappa shape index (κ3) is 6.04. The van der Waals surface area contributed by atoms with E-state index < -0.39 is 0 Å². The van der Waals surface area contributed by atoms with Crippen LogP contribution in [0.25, 0.3) is 0 Å². The molecule has 0 heterocycles. The van der Waals surface area contributed by atoms with Gasteiger partial charge in [-0.2, -0.15) is 0 Å². The Kier molecular flexibility index (Phi) is 9.26. The van der Waals surface area contributed by atoms with Crippen molar-refractivity contribution >= 4 is 35.6 Å². The van der Waals surface area contributed by atoms with Gasteiger partial charge in [0.25, 0.3) is 0 Å². The van der Waals surface area contributed by atoms with Crippen molar-refractivity contribution in [2.75, 3.05) is 20.3 Å². The number of hydrogen-bond acceptors (Lipinski definition) is 4. The van der Waals surface area contributed by atoms with E-state index in [0.717, 1.165) is 11.1 Å². The van der Waals surface area contributed by atoms with E-state index in [2.05, 4.69) is 5.32 Å². The molecular formula is C17H20Cl3NO3. The number of methoxy groups -OCH3 is 1. The quantitative estimate of drug-likeness (QED) is 0.665. The van der Waals surface area contributed by atoms with Gasteiger partial charge >= 0.3 is 0 Å². The molecule has 0 saturated carbocycles. The zero-order valence-corrected chi connectivity index (χ0v) is 15.5. The van der Waals surface area contributed by atoms with Gasteiger partial charge in [0.1, 0.15) is 6.61 Å². The lowest BCUT2D eigenvalue weighted by Crippen LogP contribution is -2.17. The number of rotatable bonds is 8. The van der Waals surface area contributed by atoms with Gasteiger partial charge in [-0.1, -0.05) is 35.3 Å². The molecule has 2 aromatic carbocycles. The predicted octanol–water partition coefficient (Wildman–Crippen LogP) is 4.08. The summed E-state index contributed by atoms with van der Waals surface area (Å²) in [5.74, 6) is 1.29. The molecule has 2 rings (SSSR count). The van der Waals surface area contributed by atoms with Crippen molar-refractivity contribution < 1.29 is 14.6 Å². The van der Waals surface area contributed by atoms with Crippen molar-refractivity contribution in [3.05, 3.63) is 57.6 Å². The van der Waals surface area contributed by atoms with E-state index in [1.807, 2.05) is 24.3 Å². The maximum absolute atomic E-state index is 8.78. The predicted molar refractivity (Wildman–Crippen MR) is 99.8 cm³/mol. The highest BCUT2D eigenvalue weighted by Gasteiger charge is 2.08. The first kappa shape index (κ1) is 20.9. The Hall–Kier alpha value is -1.17. The van der Waals surface area contributed by atoms with Crippen molar-refractivity contribution in [2.24, 2.45) is 0 Å². The number of aliphatic hydroxyl groups is 1. The molecule has 0 fully saturated rings. The maximum Gasteiger partial charge on any atom is 0.161 e. The third-order valence-corrected chi connectivity index (χ3v) is 3.83. The summed E-state index contributed by atoms with van der Waals surface area (Å²) in [6.07, 6.45) is 0. The Morgan fingerprint density at radius 1 is 1.08 bits per heavy atom. The number of aliphatic hydroxyl groups excluding tert-OH is 1. The monoisotopic (exact) mass is 391 g/mol. The second-order valence-electron chi connectivity index (χ2n) is 4.91. The van der Waals surface area contributed by atoms with Crippen LogP contribution in [0.4, 0.5) is 0 Å². The van der Waals surface area contributed by atoms with Crippen LogP contribution in [0.3, 0.4) is 0 Å². The van der Waals surface area contributed by atoms with E-state index in [4.69, 9.17) is 37.8 Å². The summed E-state index contributed by atoms with van der Waals surface area (Å²) in [4.78, 5) is 0. The lowest BCUT2D eigenvalue weighted by Gasteiger charge is -2.13. The molecule has 0 atom stereocenters. The van der Waals surface area contributed by atoms with Gasteiger partial charge in [-0.3, -0.25) is 0 Å². The Bertz CT molecular complexity index is 653. The molecule has 2 N–H and O–H groups in total. The summed E-state index contributed by atoms with van der Waals surface area (Å²) in [6, 6.07) is 11.0. The summed E-state index contributed by atoms with van der Waals surface area (Å²) in [5.41, 5.74) is 1.90. The number of nitrogens with one attached hydrogen (secondary N) is 1. The topological polar surface area (TPSA) is 50.7 Å². The van der Waals surface area contributed by atoms with Crippen LogP contribution in [0.2, 0.25) is 10.0 Å². The van der Waals surface area contributed by atoms with E-state index in [0.29, 0.717) is 41.2 Å². The molecular weight excluding hydrogens is 373 g/mol. The van der Waals surface area contributed by atoms with Crippen LogP contribution in [0.5, 0.6) is 11.5 Å². The van der Waals surface area contributed by atoms with Crippen molar-refractivity contribution in [1.29, 1.82) is 0 Å². The van der Waals surface area contributed by atoms with E-state index in [9.17, 15) is 0 Å². The lowest BCUT2D eigenvalue weighted by molar-refractivity contribution is 0.284. The summed E-state index contributed by atoms with van der Waals surface area (Å²) in [6.45, 7) is 1.64. The van der Waals surface area contributed by atoms with E-state index >= 15 is 0 Å². The van der Waals surface area contributed by atoms with Gasteiger partial charge in [0, 0.05) is 28.7 Å². The van der Waals surface area contributed by atoms with Crippen LogP contribution in [-0.2, 0) is 13.2 Å². The smallest absolute Gasteiger partial charge is 0.161 e. The van der Waals surface area contributed by atoms with E-state index in [-0.39, 0.29) is 19.0 Å². The van der Waals surface area contributed by atoms with Crippen LogP contribution in [0, 0.1) is 0 Å². The average Bonchev–Trinajstić information content (AvgIpc) is 2.55. The number of halogens is 3. The molecule has 7 heteroatoms. The average molecular weight is 393 g/mol. The summed E-state index contributed by atoms with van der Waals surface area (Å²) >= 11 is 12.0. The standard InChI is InChI=1S/C17H19Cl2NO3.ClH/c1-22-17-8-12(10-20-6-7-21)2-5-16(17)23-11-13-3-4-14(18)9-15(13)19;/h2-5,8-9,20-21H,6-7,10-11H2,1H3;1H. The molecule has 0 aromatic heterocycles. The van der Waals surface area contributed by atoms with Crippen molar-refractivity contribution in [2.45, 2.75) is 13.2 Å². The fraction of sp³-hybridized carbons (Fsp3) is 0.294. The van der Waals surface area contributed by atoms with Gasteiger partial charge in [-0.15, -0.1) is 12.4 Å². The molecule has 0 bridgehead atoms. The van der Waals surface area contributed by atoms with Crippen LogP contribution < -0.4 is 14.8 Å². The Morgan fingerprint density at radius 3 is 2.54 bits per heavy atom. The SMILES string of the molecule is COc1cc(CNCCO)ccc1OCc1ccc(Cl)cc1Cl.Cl. The van der Waals surface area contributed by atoms with Crippen molar-refractivity contribution in [1.82, 2.24) is 5.32 Å². The van der Waals surface area contributed by atoms with E-state index in [1.54, 1.807) is 19.2 Å². The second-order valence-corrected chi connectivity index (χ2v) is 5.75. The molecule has 4 nitrogen and oxygen atoms in total. The van der Waals surface area contributed by atoms with Crippen LogP contribution in [0.15, 0.2) is 36.4 Å². The molecule has 0 spiro atoms. The van der Waals surface area contributed by atoms with Gasteiger partial charge in [0.15, 0.2) is 11.5 Å². The third-order valence-electron chi connectivity index (χ3n) is 3.24. The molecule has 0 amide bonds. The second kappa shape index (κ2) is 10.6. The first-order valence-corrected chi connectivity index (χ1v) is 7.95. The molecule has 0 radical (unpaired) electrons. The Labute approximate surface area is 158 Å². The lowest BCUT2D eigenvalue weighted by atomic mass is 10.2.